The summed E-state index contributed by atoms with van der Waals surface area (Å²) in [6.45, 7) is 6.04. The third-order valence-corrected chi connectivity index (χ3v) is 6.63. The van der Waals surface area contributed by atoms with Crippen molar-refractivity contribution in [3.05, 3.63) is 58.7 Å². The number of anilines is 4. The van der Waals surface area contributed by atoms with Gasteiger partial charge in [0.15, 0.2) is 5.82 Å². The molecule has 1 heterocycles. The zero-order chi connectivity index (χ0) is 22.6. The summed E-state index contributed by atoms with van der Waals surface area (Å²) in [4.78, 5) is 8.81. The number of nitrogens with one attached hydrogen (secondary N) is 2. The Morgan fingerprint density at radius 1 is 1.16 bits per heavy atom. The number of ether oxygens (including phenoxy) is 1. The van der Waals surface area contributed by atoms with Crippen molar-refractivity contribution >= 4 is 47.2 Å². The molecular weight excluding hydrogens is 433 g/mol. The van der Waals surface area contributed by atoms with E-state index in [1.54, 1.807) is 20.4 Å². The number of hydrogen-bond acceptors (Lipinski definition) is 7. The van der Waals surface area contributed by atoms with Crippen molar-refractivity contribution in [1.29, 1.82) is 0 Å². The highest BCUT2D eigenvalue weighted by Crippen LogP contribution is 2.39. The molecule has 0 bridgehead atoms. The first kappa shape index (κ1) is 23.1. The van der Waals surface area contributed by atoms with E-state index in [0.29, 0.717) is 34.8 Å². The molecule has 0 spiro atoms. The van der Waals surface area contributed by atoms with Gasteiger partial charge in [0.1, 0.15) is 17.9 Å². The molecule has 2 aromatic carbocycles. The zero-order valence-electron chi connectivity index (χ0n) is 18.1. The molecule has 9 heteroatoms. The first-order valence-corrected chi connectivity index (χ1v) is 12.8. The van der Waals surface area contributed by atoms with Gasteiger partial charge in [-0.05, 0) is 68.6 Å². The highest BCUT2D eigenvalue weighted by atomic mass is 35.5. The van der Waals surface area contributed by atoms with Crippen LogP contribution in [0.15, 0.2) is 42.6 Å². The van der Waals surface area contributed by atoms with E-state index >= 15 is 0 Å². The average Bonchev–Trinajstić information content (AvgIpc) is 2.72. The molecule has 0 amide bonds. The number of nitrogens with two attached hydrogens (primary N) is 1. The van der Waals surface area contributed by atoms with Crippen molar-refractivity contribution in [2.75, 3.05) is 37.6 Å². The van der Waals surface area contributed by atoms with Crippen LogP contribution in [0.3, 0.4) is 0 Å². The van der Waals surface area contributed by atoms with Crippen molar-refractivity contribution in [3.63, 3.8) is 0 Å². The van der Waals surface area contributed by atoms with Crippen LogP contribution in [0.1, 0.15) is 11.1 Å². The number of para-hydroxylation sites is 1. The predicted molar refractivity (Wildman–Crippen MR) is 130 cm³/mol. The second-order valence-corrected chi connectivity index (χ2v) is 11.1. The Balaban J connectivity index is 1.93. The van der Waals surface area contributed by atoms with Crippen molar-refractivity contribution in [2.24, 2.45) is 5.73 Å². The first-order chi connectivity index (χ1) is 14.7. The lowest BCUT2D eigenvalue weighted by atomic mass is 10.0. The summed E-state index contributed by atoms with van der Waals surface area (Å²) in [5, 5.41) is 7.48. The highest BCUT2D eigenvalue weighted by molar-refractivity contribution is 7.70. The van der Waals surface area contributed by atoms with E-state index in [0.717, 1.165) is 28.5 Å². The molecule has 0 saturated carbocycles. The standard InChI is InChI=1S/C22H27ClN5O2P/c1-14-11-18(19(30-2)12-15(14)9-10-24)27-22-25-13-16(23)21(28-22)26-17-7-5-6-8-20(17)31(3,4)29/h5-8,11-13H,9-10,24H2,1-4H3,(H2,25,26,27,28). The third kappa shape index (κ3) is 5.56. The predicted octanol–water partition coefficient (Wildman–Crippen LogP) is 4.68. The lowest BCUT2D eigenvalue weighted by Gasteiger charge is -2.17. The molecular formula is C22H27ClN5O2P. The largest absolute Gasteiger partial charge is 0.495 e. The topological polar surface area (TPSA) is 102 Å². The number of nitrogens with zero attached hydrogens (tertiary/aromatic N) is 2. The Labute approximate surface area is 187 Å². The summed E-state index contributed by atoms with van der Waals surface area (Å²) in [5.41, 5.74) is 9.36. The summed E-state index contributed by atoms with van der Waals surface area (Å²) >= 11 is 6.33. The normalized spacial score (nSPS) is 11.3. The minimum atomic E-state index is -2.49. The smallest absolute Gasteiger partial charge is 0.229 e. The van der Waals surface area contributed by atoms with E-state index in [1.165, 1.54) is 6.20 Å². The van der Waals surface area contributed by atoms with E-state index in [4.69, 9.17) is 22.1 Å². The summed E-state index contributed by atoms with van der Waals surface area (Å²) in [6.07, 6.45) is 2.29. The summed E-state index contributed by atoms with van der Waals surface area (Å²) in [7, 11) is -0.878. The zero-order valence-corrected chi connectivity index (χ0v) is 19.7. The van der Waals surface area contributed by atoms with Gasteiger partial charge in [0, 0.05) is 5.30 Å². The lowest BCUT2D eigenvalue weighted by molar-refractivity contribution is 0.416. The number of methoxy groups -OCH3 is 1. The summed E-state index contributed by atoms with van der Waals surface area (Å²) < 4.78 is 18.2. The Bertz CT molecular complexity index is 1130. The van der Waals surface area contributed by atoms with E-state index < -0.39 is 7.14 Å². The van der Waals surface area contributed by atoms with Gasteiger partial charge in [-0.25, -0.2) is 4.98 Å². The Kier molecular flexibility index (Phi) is 7.21. The molecule has 0 aliphatic carbocycles. The molecule has 0 unspecified atom stereocenters. The van der Waals surface area contributed by atoms with Crippen LogP contribution < -0.4 is 26.4 Å². The van der Waals surface area contributed by atoms with E-state index in [1.807, 2.05) is 43.3 Å². The number of aromatic nitrogens is 2. The van der Waals surface area contributed by atoms with Crippen LogP contribution in [0, 0.1) is 6.92 Å². The minimum Gasteiger partial charge on any atom is -0.495 e. The third-order valence-electron chi connectivity index (χ3n) is 4.80. The summed E-state index contributed by atoms with van der Waals surface area (Å²) in [5.74, 6) is 1.44. The van der Waals surface area contributed by atoms with Gasteiger partial charge in [-0.2, -0.15) is 4.98 Å². The van der Waals surface area contributed by atoms with Gasteiger partial charge < -0.3 is 25.7 Å². The highest BCUT2D eigenvalue weighted by Gasteiger charge is 2.17. The van der Waals surface area contributed by atoms with Gasteiger partial charge >= 0.3 is 0 Å². The molecule has 0 fully saturated rings. The van der Waals surface area contributed by atoms with E-state index in [9.17, 15) is 4.57 Å². The molecule has 0 atom stereocenters. The van der Waals surface area contributed by atoms with Crippen LogP contribution in [0.4, 0.5) is 23.1 Å². The number of rotatable bonds is 8. The Hall–Kier alpha value is -2.60. The SMILES string of the molecule is COc1cc(CCN)c(C)cc1Nc1ncc(Cl)c(Nc2ccccc2P(C)(C)=O)n1. The molecule has 0 radical (unpaired) electrons. The number of halogens is 1. The molecule has 0 aliphatic rings. The van der Waals surface area contributed by atoms with Crippen LogP contribution in [0.25, 0.3) is 0 Å². The fourth-order valence-electron chi connectivity index (χ4n) is 3.23. The fourth-order valence-corrected chi connectivity index (χ4v) is 4.53. The van der Waals surface area contributed by atoms with Crippen molar-refractivity contribution in [1.82, 2.24) is 9.97 Å². The summed E-state index contributed by atoms with van der Waals surface area (Å²) in [6, 6.07) is 11.4. The maximum atomic E-state index is 12.7. The molecule has 3 rings (SSSR count). The van der Waals surface area contributed by atoms with E-state index in [2.05, 4.69) is 20.6 Å². The fraction of sp³-hybridized carbons (Fsp3) is 0.273. The first-order valence-electron chi connectivity index (χ1n) is 9.81. The molecule has 31 heavy (non-hydrogen) atoms. The van der Waals surface area contributed by atoms with Crippen molar-refractivity contribution in [2.45, 2.75) is 13.3 Å². The van der Waals surface area contributed by atoms with E-state index in [-0.39, 0.29) is 0 Å². The quantitative estimate of drug-likeness (QED) is 0.420. The second kappa shape index (κ2) is 9.69. The van der Waals surface area contributed by atoms with Gasteiger partial charge in [-0.15, -0.1) is 0 Å². The molecule has 164 valence electrons. The maximum Gasteiger partial charge on any atom is 0.229 e. The number of aryl methyl sites for hydroxylation is 1. The molecule has 0 saturated heterocycles. The van der Waals surface area contributed by atoms with Gasteiger partial charge in [-0.3, -0.25) is 0 Å². The van der Waals surface area contributed by atoms with Gasteiger partial charge in [-0.1, -0.05) is 23.7 Å². The van der Waals surface area contributed by atoms with Crippen LogP contribution in [0.5, 0.6) is 5.75 Å². The lowest BCUT2D eigenvalue weighted by Crippen LogP contribution is -2.11. The van der Waals surface area contributed by atoms with Crippen molar-refractivity contribution in [3.8, 4) is 5.75 Å². The average molecular weight is 460 g/mol. The minimum absolute atomic E-state index is 0.351. The van der Waals surface area contributed by atoms with Crippen LogP contribution in [-0.2, 0) is 11.0 Å². The Morgan fingerprint density at radius 3 is 2.58 bits per heavy atom. The molecule has 0 aliphatic heterocycles. The monoisotopic (exact) mass is 459 g/mol. The molecule has 3 aromatic rings. The van der Waals surface area contributed by atoms with Gasteiger partial charge in [0.05, 0.1) is 24.7 Å². The Morgan fingerprint density at radius 2 is 1.90 bits per heavy atom. The van der Waals surface area contributed by atoms with Crippen LogP contribution in [-0.4, -0.2) is 37.0 Å². The molecule has 7 nitrogen and oxygen atoms in total. The van der Waals surface area contributed by atoms with Crippen molar-refractivity contribution < 1.29 is 9.30 Å². The van der Waals surface area contributed by atoms with Crippen LogP contribution in [0.2, 0.25) is 5.02 Å². The molecule has 1 aromatic heterocycles. The molecule has 4 N–H and O–H groups in total. The maximum absolute atomic E-state index is 12.7. The van der Waals surface area contributed by atoms with Gasteiger partial charge in [0.25, 0.3) is 0 Å². The van der Waals surface area contributed by atoms with Crippen LogP contribution >= 0.6 is 18.7 Å². The number of hydrogen-bond donors (Lipinski definition) is 3. The number of benzene rings is 2. The van der Waals surface area contributed by atoms with Gasteiger partial charge in [0.2, 0.25) is 5.95 Å². The second-order valence-electron chi connectivity index (χ2n) is 7.53.